The van der Waals surface area contributed by atoms with Gasteiger partial charge in [0.2, 0.25) is 5.91 Å². The summed E-state index contributed by atoms with van der Waals surface area (Å²) in [5, 5.41) is 3.33. The lowest BCUT2D eigenvalue weighted by atomic mass is 9.82. The lowest BCUT2D eigenvalue weighted by Crippen LogP contribution is -2.52. The SMILES string of the molecule is COCCN(C)C(=O)c1ccc2n(c1=O)C[C@H]1C[C@@H]2CN(C(=O)[C@H]2CCCNC2)C1. The van der Waals surface area contributed by atoms with Gasteiger partial charge in [0.15, 0.2) is 0 Å². The van der Waals surface area contributed by atoms with Crippen molar-refractivity contribution >= 4 is 11.8 Å². The molecule has 2 fully saturated rings. The predicted molar refractivity (Wildman–Crippen MR) is 113 cm³/mol. The Hall–Kier alpha value is -2.19. The number of likely N-dealkylation sites (tertiary alicyclic amines) is 1. The lowest BCUT2D eigenvalue weighted by Gasteiger charge is -2.44. The van der Waals surface area contributed by atoms with Crippen LogP contribution in [0.15, 0.2) is 16.9 Å². The van der Waals surface area contributed by atoms with Gasteiger partial charge in [0.05, 0.1) is 12.5 Å². The molecule has 3 aliphatic heterocycles. The summed E-state index contributed by atoms with van der Waals surface area (Å²) in [7, 11) is 3.27. The third-order valence-electron chi connectivity index (χ3n) is 6.77. The summed E-state index contributed by atoms with van der Waals surface area (Å²) in [4.78, 5) is 42.4. The number of methoxy groups -OCH3 is 1. The highest BCUT2D eigenvalue weighted by molar-refractivity contribution is 5.93. The van der Waals surface area contributed by atoms with Crippen LogP contribution in [0.2, 0.25) is 0 Å². The van der Waals surface area contributed by atoms with Crippen LogP contribution >= 0.6 is 0 Å². The molecule has 0 aromatic carbocycles. The van der Waals surface area contributed by atoms with Crippen LogP contribution in [0.25, 0.3) is 0 Å². The van der Waals surface area contributed by atoms with Crippen LogP contribution in [0, 0.1) is 11.8 Å². The van der Waals surface area contributed by atoms with E-state index >= 15 is 0 Å². The van der Waals surface area contributed by atoms with Gasteiger partial charge in [-0.15, -0.1) is 0 Å². The summed E-state index contributed by atoms with van der Waals surface area (Å²) in [6, 6.07) is 3.57. The molecule has 30 heavy (non-hydrogen) atoms. The Morgan fingerprint density at radius 1 is 1.27 bits per heavy atom. The van der Waals surface area contributed by atoms with E-state index in [2.05, 4.69) is 5.32 Å². The van der Waals surface area contributed by atoms with Crippen molar-refractivity contribution in [2.75, 3.05) is 53.5 Å². The molecule has 2 amide bonds. The summed E-state index contributed by atoms with van der Waals surface area (Å²) in [5.74, 6) is 0.457. The van der Waals surface area contributed by atoms with Gasteiger partial charge in [0, 0.05) is 58.5 Å². The number of hydrogen-bond acceptors (Lipinski definition) is 5. The topological polar surface area (TPSA) is 83.9 Å². The number of nitrogens with one attached hydrogen (secondary N) is 1. The molecular formula is C22H32N4O4. The van der Waals surface area contributed by atoms with Crippen molar-refractivity contribution < 1.29 is 14.3 Å². The zero-order valence-corrected chi connectivity index (χ0v) is 17.9. The van der Waals surface area contributed by atoms with Gasteiger partial charge in [-0.05, 0) is 43.9 Å². The molecule has 2 saturated heterocycles. The van der Waals surface area contributed by atoms with Crippen LogP contribution in [0.5, 0.6) is 0 Å². The first-order chi connectivity index (χ1) is 14.5. The van der Waals surface area contributed by atoms with Crippen LogP contribution in [-0.2, 0) is 16.1 Å². The van der Waals surface area contributed by atoms with Crippen LogP contribution in [0.3, 0.4) is 0 Å². The summed E-state index contributed by atoms with van der Waals surface area (Å²) in [6.07, 6.45) is 2.99. The molecule has 0 spiro atoms. The van der Waals surface area contributed by atoms with Gasteiger partial charge in [0.25, 0.3) is 11.5 Å². The standard InChI is InChI=1S/C22H32N4O4/c1-24(8-9-30-2)21(28)18-5-6-19-17-10-15(13-26(19)22(18)29)12-25(14-17)20(27)16-4-3-7-23-11-16/h5-6,15-17,23H,3-4,7-14H2,1-2H3/t15-,16-,17+/m0/s1. The first-order valence-corrected chi connectivity index (χ1v) is 11.0. The van der Waals surface area contributed by atoms with Gasteiger partial charge in [-0.2, -0.15) is 0 Å². The second kappa shape index (κ2) is 8.89. The van der Waals surface area contributed by atoms with Gasteiger partial charge < -0.3 is 24.4 Å². The molecule has 0 unspecified atom stereocenters. The summed E-state index contributed by atoms with van der Waals surface area (Å²) >= 11 is 0. The molecule has 0 aliphatic carbocycles. The second-order valence-corrected chi connectivity index (χ2v) is 8.89. The number of ether oxygens (including phenoxy) is 1. The number of piperidine rings is 2. The minimum atomic E-state index is -0.273. The van der Waals surface area contributed by atoms with E-state index < -0.39 is 0 Å². The van der Waals surface area contributed by atoms with Crippen LogP contribution < -0.4 is 10.9 Å². The largest absolute Gasteiger partial charge is 0.383 e. The Morgan fingerprint density at radius 3 is 2.83 bits per heavy atom. The number of carbonyl (C=O) groups excluding carboxylic acids is 2. The van der Waals surface area contributed by atoms with Crippen LogP contribution in [0.4, 0.5) is 0 Å². The highest BCUT2D eigenvalue weighted by atomic mass is 16.5. The molecule has 8 heteroatoms. The molecule has 4 rings (SSSR count). The van der Waals surface area contributed by atoms with Crippen LogP contribution in [0.1, 0.15) is 41.2 Å². The van der Waals surface area contributed by atoms with E-state index in [-0.39, 0.29) is 40.7 Å². The number of carbonyl (C=O) groups is 2. The fourth-order valence-electron chi connectivity index (χ4n) is 5.14. The molecule has 1 aromatic heterocycles. The van der Waals surface area contributed by atoms with Crippen molar-refractivity contribution in [3.05, 3.63) is 33.7 Å². The van der Waals surface area contributed by atoms with Crippen molar-refractivity contribution in [2.24, 2.45) is 11.8 Å². The zero-order chi connectivity index (χ0) is 21.3. The lowest BCUT2D eigenvalue weighted by molar-refractivity contribution is -0.138. The second-order valence-electron chi connectivity index (χ2n) is 8.89. The average Bonchev–Trinajstić information content (AvgIpc) is 2.77. The molecule has 3 aliphatic rings. The fourth-order valence-corrected chi connectivity index (χ4v) is 5.14. The molecular weight excluding hydrogens is 384 g/mol. The number of hydrogen-bond donors (Lipinski definition) is 1. The van der Waals surface area contributed by atoms with Gasteiger partial charge in [-0.3, -0.25) is 14.4 Å². The third-order valence-corrected chi connectivity index (χ3v) is 6.77. The monoisotopic (exact) mass is 416 g/mol. The fraction of sp³-hybridized carbons (Fsp3) is 0.682. The van der Waals surface area contributed by atoms with E-state index in [0.29, 0.717) is 32.8 Å². The Bertz CT molecular complexity index is 861. The highest BCUT2D eigenvalue weighted by Gasteiger charge is 2.38. The minimum Gasteiger partial charge on any atom is -0.383 e. The first kappa shape index (κ1) is 21.1. The first-order valence-electron chi connectivity index (χ1n) is 11.0. The molecule has 164 valence electrons. The number of pyridine rings is 1. The third kappa shape index (κ3) is 4.03. The number of aromatic nitrogens is 1. The quantitative estimate of drug-likeness (QED) is 0.756. The van der Waals surface area contributed by atoms with E-state index in [4.69, 9.17) is 4.74 Å². The average molecular weight is 417 g/mol. The van der Waals surface area contributed by atoms with E-state index in [1.54, 1.807) is 24.8 Å². The number of amides is 2. The molecule has 4 heterocycles. The van der Waals surface area contributed by atoms with E-state index in [0.717, 1.165) is 38.0 Å². The van der Waals surface area contributed by atoms with Gasteiger partial charge in [-0.1, -0.05) is 0 Å². The zero-order valence-electron chi connectivity index (χ0n) is 17.9. The van der Waals surface area contributed by atoms with E-state index in [1.807, 2.05) is 11.0 Å². The van der Waals surface area contributed by atoms with E-state index in [1.165, 1.54) is 4.90 Å². The van der Waals surface area contributed by atoms with Gasteiger partial charge in [0.1, 0.15) is 5.56 Å². The maximum atomic E-state index is 13.1. The van der Waals surface area contributed by atoms with Crippen molar-refractivity contribution in [1.82, 2.24) is 19.7 Å². The Labute approximate surface area is 177 Å². The van der Waals surface area contributed by atoms with Crippen molar-refractivity contribution in [1.29, 1.82) is 0 Å². The molecule has 3 atom stereocenters. The molecule has 2 bridgehead atoms. The number of likely N-dealkylation sites (N-methyl/N-ethyl adjacent to an activating group) is 1. The highest BCUT2D eigenvalue weighted by Crippen LogP contribution is 2.36. The predicted octanol–water partition coefficient (Wildman–Crippen LogP) is 0.512. The number of rotatable bonds is 5. The van der Waals surface area contributed by atoms with Gasteiger partial charge >= 0.3 is 0 Å². The van der Waals surface area contributed by atoms with E-state index in [9.17, 15) is 14.4 Å². The maximum absolute atomic E-state index is 13.1. The molecule has 0 radical (unpaired) electrons. The Kier molecular flexibility index (Phi) is 6.24. The summed E-state index contributed by atoms with van der Waals surface area (Å²) in [5.41, 5.74) is 0.942. The van der Waals surface area contributed by atoms with Crippen molar-refractivity contribution in [3.8, 4) is 0 Å². The van der Waals surface area contributed by atoms with Crippen molar-refractivity contribution in [3.63, 3.8) is 0 Å². The minimum absolute atomic E-state index is 0.0717. The van der Waals surface area contributed by atoms with Crippen LogP contribution in [-0.4, -0.2) is 79.7 Å². The smallest absolute Gasteiger partial charge is 0.263 e. The summed E-state index contributed by atoms with van der Waals surface area (Å²) < 4.78 is 6.81. The molecule has 1 N–H and O–H groups in total. The normalized spacial score (nSPS) is 25.5. The van der Waals surface area contributed by atoms with Gasteiger partial charge in [-0.25, -0.2) is 0 Å². The van der Waals surface area contributed by atoms with Crippen molar-refractivity contribution in [2.45, 2.75) is 31.7 Å². The molecule has 0 saturated carbocycles. The molecule has 8 nitrogen and oxygen atoms in total. The maximum Gasteiger partial charge on any atom is 0.263 e. The molecule has 1 aromatic rings. The number of fused-ring (bicyclic) bond motifs is 4. The summed E-state index contributed by atoms with van der Waals surface area (Å²) in [6.45, 7) is 4.56. The Morgan fingerprint density at radius 2 is 2.10 bits per heavy atom. The number of nitrogens with zero attached hydrogens (tertiary/aromatic N) is 3. The Balaban J connectivity index is 1.53.